The van der Waals surface area contributed by atoms with Gasteiger partial charge in [0, 0.05) is 17.2 Å². The molecule has 0 atom stereocenters. The number of hydrogen-bond donors (Lipinski definition) is 3. The van der Waals surface area contributed by atoms with Crippen molar-refractivity contribution in [3.05, 3.63) is 52.2 Å². The molecule has 1 aromatic carbocycles. The Bertz CT molecular complexity index is 996. The second-order valence-corrected chi connectivity index (χ2v) is 8.25. The number of para-hydroxylation sites is 1. The molecule has 29 heavy (non-hydrogen) atoms. The van der Waals surface area contributed by atoms with Crippen molar-refractivity contribution < 1.29 is 9.53 Å². The summed E-state index contributed by atoms with van der Waals surface area (Å²) in [7, 11) is 0. The van der Waals surface area contributed by atoms with E-state index in [9.17, 15) is 4.79 Å². The minimum atomic E-state index is -0.0424. The summed E-state index contributed by atoms with van der Waals surface area (Å²) in [5.74, 6) is 1.11. The highest BCUT2D eigenvalue weighted by Crippen LogP contribution is 2.30. The number of guanidine groups is 1. The molecule has 152 valence electrons. The number of thiazole rings is 1. The fourth-order valence-corrected chi connectivity index (χ4v) is 4.16. The van der Waals surface area contributed by atoms with Gasteiger partial charge in [-0.25, -0.2) is 9.98 Å². The van der Waals surface area contributed by atoms with Crippen molar-refractivity contribution in [2.24, 2.45) is 10.7 Å². The maximum Gasteiger partial charge on any atom is 0.217 e. The van der Waals surface area contributed by atoms with Gasteiger partial charge in [-0.2, -0.15) is 0 Å². The highest BCUT2D eigenvalue weighted by atomic mass is 32.1. The van der Waals surface area contributed by atoms with E-state index in [0.717, 1.165) is 26.8 Å². The Balaban J connectivity index is 1.49. The SMILES string of the molecule is CC(=O)NCc1ccc(-c2csc(NC(N)=NCCOc3ccccc3C)n2)s1. The molecule has 2 heterocycles. The van der Waals surface area contributed by atoms with Crippen molar-refractivity contribution >= 4 is 39.7 Å². The third kappa shape index (κ3) is 6.30. The van der Waals surface area contributed by atoms with Crippen LogP contribution in [0, 0.1) is 6.92 Å². The van der Waals surface area contributed by atoms with E-state index in [1.165, 1.54) is 18.3 Å². The Morgan fingerprint density at radius 1 is 1.28 bits per heavy atom. The van der Waals surface area contributed by atoms with Gasteiger partial charge in [0.2, 0.25) is 5.91 Å². The number of amides is 1. The van der Waals surface area contributed by atoms with Gasteiger partial charge in [-0.05, 0) is 30.7 Å². The number of benzene rings is 1. The summed E-state index contributed by atoms with van der Waals surface area (Å²) >= 11 is 3.06. The standard InChI is InChI=1S/C20H23N5O2S2/c1-13-5-3-4-6-17(13)27-10-9-22-19(21)25-20-24-16(12-28-20)18-8-7-15(29-18)11-23-14(2)26/h3-8,12H,9-11H2,1-2H3,(H,23,26)(H3,21,22,24,25). The number of aromatic nitrogens is 1. The lowest BCUT2D eigenvalue weighted by molar-refractivity contribution is -0.119. The summed E-state index contributed by atoms with van der Waals surface area (Å²) in [5, 5.41) is 8.45. The number of carbonyl (C=O) groups is 1. The van der Waals surface area contributed by atoms with Crippen molar-refractivity contribution in [2.45, 2.75) is 20.4 Å². The van der Waals surface area contributed by atoms with Crippen molar-refractivity contribution in [3.63, 3.8) is 0 Å². The summed E-state index contributed by atoms with van der Waals surface area (Å²) in [5.41, 5.74) is 7.90. The van der Waals surface area contributed by atoms with E-state index >= 15 is 0 Å². The average Bonchev–Trinajstić information content (AvgIpc) is 3.34. The van der Waals surface area contributed by atoms with Crippen LogP contribution in [0.3, 0.4) is 0 Å². The molecule has 0 unspecified atom stereocenters. The van der Waals surface area contributed by atoms with Crippen LogP contribution in [0.2, 0.25) is 0 Å². The first kappa shape index (κ1) is 20.8. The van der Waals surface area contributed by atoms with Crippen LogP contribution >= 0.6 is 22.7 Å². The van der Waals surface area contributed by atoms with Crippen LogP contribution in [0.4, 0.5) is 5.13 Å². The molecule has 0 fully saturated rings. The molecule has 0 aliphatic heterocycles. The molecule has 0 saturated heterocycles. The van der Waals surface area contributed by atoms with Crippen molar-refractivity contribution in [3.8, 4) is 16.3 Å². The Hall–Kier alpha value is -2.91. The van der Waals surface area contributed by atoms with E-state index in [1.54, 1.807) is 11.3 Å². The molecule has 7 nitrogen and oxygen atoms in total. The monoisotopic (exact) mass is 429 g/mol. The van der Waals surface area contributed by atoms with Gasteiger partial charge in [0.15, 0.2) is 11.1 Å². The van der Waals surface area contributed by atoms with Gasteiger partial charge in [0.25, 0.3) is 0 Å². The number of anilines is 1. The highest BCUT2D eigenvalue weighted by Gasteiger charge is 2.09. The molecular formula is C20H23N5O2S2. The number of carbonyl (C=O) groups excluding carboxylic acids is 1. The van der Waals surface area contributed by atoms with Crippen molar-refractivity contribution in [1.29, 1.82) is 0 Å². The zero-order valence-corrected chi connectivity index (χ0v) is 17.9. The number of hydrogen-bond acceptors (Lipinski definition) is 6. The van der Waals surface area contributed by atoms with Gasteiger partial charge in [-0.1, -0.05) is 18.2 Å². The third-order valence-corrected chi connectivity index (χ3v) is 5.75. The predicted molar refractivity (Wildman–Crippen MR) is 120 cm³/mol. The summed E-state index contributed by atoms with van der Waals surface area (Å²) in [4.78, 5) is 22.0. The van der Waals surface area contributed by atoms with Crippen LogP contribution < -0.4 is 21.1 Å². The lowest BCUT2D eigenvalue weighted by Crippen LogP contribution is -2.23. The number of nitrogens with zero attached hydrogens (tertiary/aromatic N) is 2. The van der Waals surface area contributed by atoms with E-state index in [2.05, 4.69) is 20.6 Å². The summed E-state index contributed by atoms with van der Waals surface area (Å²) in [6.07, 6.45) is 0. The predicted octanol–water partition coefficient (Wildman–Crippen LogP) is 3.62. The molecule has 0 radical (unpaired) electrons. The first-order valence-electron chi connectivity index (χ1n) is 9.05. The van der Waals surface area contributed by atoms with Crippen molar-refractivity contribution in [2.75, 3.05) is 18.5 Å². The lowest BCUT2D eigenvalue weighted by Gasteiger charge is -2.07. The number of aliphatic imine (C=N–C) groups is 1. The van der Waals surface area contributed by atoms with Crippen LogP contribution in [0.5, 0.6) is 5.75 Å². The van der Waals surface area contributed by atoms with Gasteiger partial charge in [0.05, 0.1) is 23.7 Å². The molecule has 0 spiro atoms. The second-order valence-electron chi connectivity index (χ2n) is 6.22. The van der Waals surface area contributed by atoms with Crippen LogP contribution in [0.25, 0.3) is 10.6 Å². The fourth-order valence-electron chi connectivity index (χ4n) is 2.46. The van der Waals surface area contributed by atoms with E-state index in [4.69, 9.17) is 10.5 Å². The molecule has 3 rings (SSSR count). The number of nitrogens with one attached hydrogen (secondary N) is 2. The van der Waals surface area contributed by atoms with E-state index in [0.29, 0.717) is 30.8 Å². The minimum Gasteiger partial charge on any atom is -0.491 e. The van der Waals surface area contributed by atoms with E-state index in [-0.39, 0.29) is 5.91 Å². The molecule has 0 aliphatic carbocycles. The molecule has 9 heteroatoms. The molecular weight excluding hydrogens is 406 g/mol. The number of ether oxygens (including phenoxy) is 1. The molecule has 0 aliphatic rings. The minimum absolute atomic E-state index is 0.0424. The lowest BCUT2D eigenvalue weighted by atomic mass is 10.2. The topological polar surface area (TPSA) is 102 Å². The van der Waals surface area contributed by atoms with Gasteiger partial charge >= 0.3 is 0 Å². The number of nitrogens with two attached hydrogens (primary N) is 1. The summed E-state index contributed by atoms with van der Waals surface area (Å²) in [6, 6.07) is 11.9. The molecule has 0 saturated carbocycles. The zero-order valence-electron chi connectivity index (χ0n) is 16.3. The first-order valence-corrected chi connectivity index (χ1v) is 10.8. The van der Waals surface area contributed by atoms with Crippen LogP contribution in [0.15, 0.2) is 46.8 Å². The van der Waals surface area contributed by atoms with Crippen LogP contribution in [0.1, 0.15) is 17.4 Å². The van der Waals surface area contributed by atoms with Gasteiger partial charge in [0.1, 0.15) is 12.4 Å². The maximum atomic E-state index is 11.0. The van der Waals surface area contributed by atoms with Gasteiger partial charge in [-0.3, -0.25) is 4.79 Å². The van der Waals surface area contributed by atoms with E-state index in [1.807, 2.05) is 48.7 Å². The quantitative estimate of drug-likeness (QED) is 0.288. The first-order chi connectivity index (χ1) is 14.0. The van der Waals surface area contributed by atoms with Crippen molar-refractivity contribution in [1.82, 2.24) is 10.3 Å². The largest absolute Gasteiger partial charge is 0.491 e. The number of rotatable bonds is 8. The average molecular weight is 430 g/mol. The summed E-state index contributed by atoms with van der Waals surface area (Å²) < 4.78 is 5.71. The molecule has 3 aromatic rings. The fraction of sp³-hybridized carbons (Fsp3) is 0.250. The van der Waals surface area contributed by atoms with Crippen LogP contribution in [-0.2, 0) is 11.3 Å². The molecule has 2 aromatic heterocycles. The van der Waals surface area contributed by atoms with Gasteiger partial charge < -0.3 is 21.1 Å². The normalized spacial score (nSPS) is 11.3. The summed E-state index contributed by atoms with van der Waals surface area (Å²) in [6.45, 7) is 4.93. The highest BCUT2D eigenvalue weighted by molar-refractivity contribution is 7.17. The Labute approximate surface area is 177 Å². The molecule has 1 amide bonds. The second kappa shape index (κ2) is 10.0. The molecule has 0 bridgehead atoms. The number of thiophene rings is 1. The van der Waals surface area contributed by atoms with Gasteiger partial charge in [-0.15, -0.1) is 22.7 Å². The smallest absolute Gasteiger partial charge is 0.217 e. The number of aryl methyl sites for hydroxylation is 1. The Kier molecular flexibility index (Phi) is 7.20. The van der Waals surface area contributed by atoms with E-state index < -0.39 is 0 Å². The van der Waals surface area contributed by atoms with Crippen LogP contribution in [-0.4, -0.2) is 30.0 Å². The maximum absolute atomic E-state index is 11.0. The Morgan fingerprint density at radius 2 is 2.10 bits per heavy atom. The molecule has 4 N–H and O–H groups in total. The Morgan fingerprint density at radius 3 is 2.90 bits per heavy atom. The zero-order chi connectivity index (χ0) is 20.6. The third-order valence-electron chi connectivity index (χ3n) is 3.89.